The van der Waals surface area contributed by atoms with Crippen LogP contribution in [0.5, 0.6) is 0 Å². The zero-order chi connectivity index (χ0) is 4.12. The fourth-order valence-electron chi connectivity index (χ4n) is 0.118. The van der Waals surface area contributed by atoms with Gasteiger partial charge in [-0.15, -0.1) is 11.8 Å². The van der Waals surface area contributed by atoms with Gasteiger partial charge in [0.2, 0.25) is 0 Å². The predicted octanol–water partition coefficient (Wildman–Crippen LogP) is 1.27. The van der Waals surface area contributed by atoms with Gasteiger partial charge in [-0.2, -0.15) is 0 Å². The van der Waals surface area contributed by atoms with Gasteiger partial charge in [-0.25, -0.2) is 0 Å². The van der Waals surface area contributed by atoms with Gasteiger partial charge in [0.25, 0.3) is 0 Å². The second kappa shape index (κ2) is 4.65. The van der Waals surface area contributed by atoms with E-state index in [1.807, 2.05) is 0 Å². The molecule has 2 heteroatoms. The van der Waals surface area contributed by atoms with Gasteiger partial charge in [0.15, 0.2) is 0 Å². The van der Waals surface area contributed by atoms with Crippen LogP contribution in [0.25, 0.3) is 0 Å². The van der Waals surface area contributed by atoms with E-state index in [0.717, 1.165) is 0 Å². The van der Waals surface area contributed by atoms with Crippen LogP contribution in [0.15, 0.2) is 0 Å². The molecule has 0 saturated heterocycles. The first kappa shape index (κ1) is 5.65. The van der Waals surface area contributed by atoms with Crippen molar-refractivity contribution in [2.45, 2.75) is 13.3 Å². The molecule has 0 aromatic rings. The maximum atomic E-state index is 4.73. The summed E-state index contributed by atoms with van der Waals surface area (Å²) < 4.78 is 0. The van der Waals surface area contributed by atoms with E-state index in [9.17, 15) is 0 Å². The quantitative estimate of drug-likeness (QED) is 0.480. The molecule has 0 aliphatic carbocycles. The van der Waals surface area contributed by atoms with Crippen LogP contribution in [0.2, 0.25) is 0 Å². The third-order valence-corrected chi connectivity index (χ3v) is 1.93. The first-order valence-corrected chi connectivity index (χ1v) is 4.55. The summed E-state index contributed by atoms with van der Waals surface area (Å²) in [7, 11) is 0.369. The summed E-state index contributed by atoms with van der Waals surface area (Å²) in [6.45, 7) is 2.17. The lowest BCUT2D eigenvalue weighted by molar-refractivity contribution is 1.11. The Morgan fingerprint density at radius 2 is 2.40 bits per heavy atom. The highest BCUT2D eigenvalue weighted by molar-refractivity contribution is 7.96. The average Bonchev–Trinajstić information content (AvgIpc) is 1.41. The summed E-state index contributed by atoms with van der Waals surface area (Å²) >= 11 is 4.73. The SMILES string of the molecule is CCC[PH2]=S. The first-order chi connectivity index (χ1) is 2.41. The molecule has 0 aliphatic heterocycles. The van der Waals surface area contributed by atoms with Gasteiger partial charge in [0, 0.05) is 0 Å². The largest absolute Gasteiger partial charge is 0.104 e. The molecule has 32 valence electrons. The van der Waals surface area contributed by atoms with Gasteiger partial charge in [-0.1, -0.05) is 20.7 Å². The topological polar surface area (TPSA) is 0 Å². The molecule has 0 aliphatic rings. The van der Waals surface area contributed by atoms with E-state index in [-0.39, 0.29) is 0 Å². The number of hydrogen-bond acceptors (Lipinski definition) is 1. The van der Waals surface area contributed by atoms with Crippen LogP contribution in [0.4, 0.5) is 0 Å². The molecule has 0 amide bonds. The monoisotopic (exact) mass is 108 g/mol. The molecular formula is C3H9PS. The summed E-state index contributed by atoms with van der Waals surface area (Å²) in [5, 5.41) is 0. The molecular weight excluding hydrogens is 99.1 g/mol. The van der Waals surface area contributed by atoms with Crippen LogP contribution in [-0.4, -0.2) is 6.16 Å². The maximum Gasteiger partial charge on any atom is -0.0288 e. The van der Waals surface area contributed by atoms with Crippen molar-refractivity contribution in [3.8, 4) is 0 Å². The standard InChI is InChI=1S/C3H9PS/c1-2-3-4-5/h2-4H2,1H3. The first-order valence-electron chi connectivity index (χ1n) is 1.85. The van der Waals surface area contributed by atoms with E-state index < -0.39 is 0 Å². The van der Waals surface area contributed by atoms with Crippen LogP contribution in [-0.2, 0) is 11.8 Å². The van der Waals surface area contributed by atoms with Gasteiger partial charge >= 0.3 is 0 Å². The Morgan fingerprint density at radius 1 is 1.80 bits per heavy atom. The highest BCUT2D eigenvalue weighted by Gasteiger charge is 1.62. The van der Waals surface area contributed by atoms with Crippen molar-refractivity contribution in [2.24, 2.45) is 0 Å². The second-order valence-corrected chi connectivity index (χ2v) is 2.87. The van der Waals surface area contributed by atoms with Gasteiger partial charge in [0.1, 0.15) is 0 Å². The van der Waals surface area contributed by atoms with Crippen LogP contribution in [0.3, 0.4) is 0 Å². The molecule has 1 atom stereocenters. The smallest absolute Gasteiger partial charge is 0.0288 e. The fraction of sp³-hybridized carbons (Fsp3) is 1.00. The minimum absolute atomic E-state index is 0.369. The fourth-order valence-corrected chi connectivity index (χ4v) is 1.06. The molecule has 0 aromatic heterocycles. The normalized spacial score (nSPS) is 10.6. The third kappa shape index (κ3) is 4.65. The third-order valence-electron chi connectivity index (χ3n) is 0.407. The molecule has 0 N–H and O–H groups in total. The van der Waals surface area contributed by atoms with Crippen molar-refractivity contribution in [2.75, 3.05) is 6.16 Å². The summed E-state index contributed by atoms with van der Waals surface area (Å²) in [5.41, 5.74) is 0. The van der Waals surface area contributed by atoms with Crippen molar-refractivity contribution in [3.63, 3.8) is 0 Å². The predicted molar refractivity (Wildman–Crippen MR) is 32.2 cm³/mol. The molecule has 0 heterocycles. The Balaban J connectivity index is 2.40. The van der Waals surface area contributed by atoms with Crippen molar-refractivity contribution in [3.05, 3.63) is 0 Å². The van der Waals surface area contributed by atoms with Gasteiger partial charge in [0.05, 0.1) is 0 Å². The van der Waals surface area contributed by atoms with E-state index >= 15 is 0 Å². The summed E-state index contributed by atoms with van der Waals surface area (Å²) in [4.78, 5) is 0. The molecule has 0 fully saturated rings. The van der Waals surface area contributed by atoms with E-state index in [1.54, 1.807) is 0 Å². The average molecular weight is 108 g/mol. The van der Waals surface area contributed by atoms with Crippen molar-refractivity contribution in [1.29, 1.82) is 0 Å². The van der Waals surface area contributed by atoms with Crippen LogP contribution >= 0.6 is 7.36 Å². The van der Waals surface area contributed by atoms with Gasteiger partial charge in [-0.05, 0) is 6.16 Å². The lowest BCUT2D eigenvalue weighted by Crippen LogP contribution is -1.57. The number of hydrogen-bond donors (Lipinski definition) is 0. The molecule has 0 radical (unpaired) electrons. The zero-order valence-corrected chi connectivity index (χ0v) is 5.37. The van der Waals surface area contributed by atoms with E-state index in [4.69, 9.17) is 11.8 Å². The van der Waals surface area contributed by atoms with E-state index in [1.165, 1.54) is 12.6 Å². The Labute approximate surface area is 39.4 Å². The Kier molecular flexibility index (Phi) is 5.25. The van der Waals surface area contributed by atoms with Gasteiger partial charge < -0.3 is 0 Å². The molecule has 0 bridgehead atoms. The van der Waals surface area contributed by atoms with Crippen LogP contribution in [0.1, 0.15) is 13.3 Å². The zero-order valence-electron chi connectivity index (χ0n) is 3.40. The second-order valence-electron chi connectivity index (χ2n) is 0.955. The van der Waals surface area contributed by atoms with Crippen LogP contribution in [0, 0.1) is 0 Å². The molecule has 0 nitrogen and oxygen atoms in total. The summed E-state index contributed by atoms with van der Waals surface area (Å²) in [5.74, 6) is 0. The van der Waals surface area contributed by atoms with Crippen molar-refractivity contribution in [1.82, 2.24) is 0 Å². The van der Waals surface area contributed by atoms with Crippen molar-refractivity contribution >= 4 is 19.2 Å². The highest BCUT2D eigenvalue weighted by atomic mass is 32.4. The Hall–Kier alpha value is 0.650. The Bertz CT molecular complexity index is 28.1. The molecule has 0 spiro atoms. The van der Waals surface area contributed by atoms with Crippen LogP contribution < -0.4 is 0 Å². The lowest BCUT2D eigenvalue weighted by Gasteiger charge is -1.72. The molecule has 1 unspecified atom stereocenters. The number of rotatable bonds is 2. The van der Waals surface area contributed by atoms with E-state index in [0.29, 0.717) is 7.36 Å². The Morgan fingerprint density at radius 3 is 2.40 bits per heavy atom. The van der Waals surface area contributed by atoms with Gasteiger partial charge in [-0.3, -0.25) is 0 Å². The minimum Gasteiger partial charge on any atom is -0.104 e. The molecule has 0 aromatic carbocycles. The molecule has 0 saturated carbocycles. The summed E-state index contributed by atoms with van der Waals surface area (Å²) in [6.07, 6.45) is 2.56. The minimum atomic E-state index is 0.369. The molecule has 5 heavy (non-hydrogen) atoms. The van der Waals surface area contributed by atoms with E-state index in [2.05, 4.69) is 6.92 Å². The summed E-state index contributed by atoms with van der Waals surface area (Å²) in [6, 6.07) is 0. The maximum absolute atomic E-state index is 4.73. The molecule has 0 rings (SSSR count). The highest BCUT2D eigenvalue weighted by Crippen LogP contribution is 1.91. The van der Waals surface area contributed by atoms with Crippen molar-refractivity contribution < 1.29 is 0 Å². The lowest BCUT2D eigenvalue weighted by atomic mass is 10.6.